The Kier molecular flexibility index (Phi) is 3.36. The zero-order valence-corrected chi connectivity index (χ0v) is 10.1. The van der Waals surface area contributed by atoms with E-state index >= 15 is 0 Å². The van der Waals surface area contributed by atoms with Crippen molar-refractivity contribution in [1.29, 1.82) is 0 Å². The lowest BCUT2D eigenvalue weighted by Gasteiger charge is -2.04. The minimum atomic E-state index is -0.553. The summed E-state index contributed by atoms with van der Waals surface area (Å²) in [6, 6.07) is 5.63. The molecule has 0 saturated heterocycles. The van der Waals surface area contributed by atoms with Crippen LogP contribution in [-0.2, 0) is 4.74 Å². The minimum absolute atomic E-state index is 0.0842. The average molecular weight is 249 g/mol. The van der Waals surface area contributed by atoms with Crippen LogP contribution in [0.25, 0.3) is 5.69 Å². The highest BCUT2D eigenvalue weighted by molar-refractivity contribution is 5.86. The fraction of sp³-hybridized carbons (Fsp3) is 0.250. The summed E-state index contributed by atoms with van der Waals surface area (Å²) < 4.78 is 19.1. The Bertz CT molecular complexity index is 563. The molecule has 2 rings (SSSR count). The number of carbonyl (C=O) groups excluding carboxylic acids is 1. The summed E-state index contributed by atoms with van der Waals surface area (Å²) in [7, 11) is 0. The van der Waals surface area contributed by atoms with Gasteiger partial charge in [0.2, 0.25) is 5.82 Å². The van der Waals surface area contributed by atoms with Crippen molar-refractivity contribution in [3.8, 4) is 5.69 Å². The number of aryl methyl sites for hydroxylation is 1. The van der Waals surface area contributed by atoms with Gasteiger partial charge < -0.3 is 4.74 Å². The molecule has 5 nitrogen and oxygen atoms in total. The number of rotatable bonds is 3. The monoisotopic (exact) mass is 249 g/mol. The SMILES string of the molecule is CCOC(=O)c1nc(C)nn1-c1ccc(F)cc1. The van der Waals surface area contributed by atoms with Gasteiger partial charge in [0.25, 0.3) is 0 Å². The van der Waals surface area contributed by atoms with Gasteiger partial charge in [-0.25, -0.2) is 18.9 Å². The van der Waals surface area contributed by atoms with E-state index in [9.17, 15) is 9.18 Å². The second-order valence-electron chi connectivity index (χ2n) is 3.59. The Balaban J connectivity index is 2.44. The van der Waals surface area contributed by atoms with Crippen LogP contribution in [0, 0.1) is 12.7 Å². The van der Waals surface area contributed by atoms with Crippen LogP contribution in [0.2, 0.25) is 0 Å². The van der Waals surface area contributed by atoms with E-state index in [-0.39, 0.29) is 18.2 Å². The lowest BCUT2D eigenvalue weighted by atomic mass is 10.3. The third-order valence-corrected chi connectivity index (χ3v) is 2.24. The third-order valence-electron chi connectivity index (χ3n) is 2.24. The van der Waals surface area contributed by atoms with Gasteiger partial charge in [-0.3, -0.25) is 0 Å². The second-order valence-corrected chi connectivity index (χ2v) is 3.59. The summed E-state index contributed by atoms with van der Waals surface area (Å²) in [6.45, 7) is 3.64. The van der Waals surface area contributed by atoms with Gasteiger partial charge in [0.05, 0.1) is 12.3 Å². The Morgan fingerprint density at radius 1 is 1.39 bits per heavy atom. The number of hydrogen-bond acceptors (Lipinski definition) is 4. The van der Waals surface area contributed by atoms with Gasteiger partial charge >= 0.3 is 5.97 Å². The maximum atomic E-state index is 12.9. The molecule has 2 aromatic rings. The van der Waals surface area contributed by atoms with E-state index in [1.807, 2.05) is 0 Å². The molecule has 0 atom stereocenters. The number of benzene rings is 1. The van der Waals surface area contributed by atoms with Crippen LogP contribution in [0.15, 0.2) is 24.3 Å². The summed E-state index contributed by atoms with van der Waals surface area (Å²) in [5.41, 5.74) is 0.556. The Labute approximate surface area is 103 Å². The van der Waals surface area contributed by atoms with Crippen molar-refractivity contribution in [2.75, 3.05) is 6.61 Å². The molecule has 0 fully saturated rings. The molecule has 1 aromatic heterocycles. The highest BCUT2D eigenvalue weighted by Crippen LogP contribution is 2.11. The largest absolute Gasteiger partial charge is 0.460 e. The van der Waals surface area contributed by atoms with Gasteiger partial charge in [-0.1, -0.05) is 0 Å². The first-order chi connectivity index (χ1) is 8.61. The number of halogens is 1. The molecule has 0 N–H and O–H groups in total. The van der Waals surface area contributed by atoms with Crippen LogP contribution >= 0.6 is 0 Å². The summed E-state index contributed by atoms with van der Waals surface area (Å²) in [5.74, 6) is -0.376. The van der Waals surface area contributed by atoms with Crippen LogP contribution in [0.1, 0.15) is 23.4 Å². The topological polar surface area (TPSA) is 57.0 Å². The standard InChI is InChI=1S/C12H12FN3O2/c1-3-18-12(17)11-14-8(2)15-16(11)10-6-4-9(13)5-7-10/h4-7H,3H2,1-2H3. The summed E-state index contributed by atoms with van der Waals surface area (Å²) in [4.78, 5) is 15.7. The number of hydrogen-bond donors (Lipinski definition) is 0. The first-order valence-corrected chi connectivity index (χ1v) is 5.48. The van der Waals surface area contributed by atoms with Gasteiger partial charge in [-0.15, -0.1) is 0 Å². The van der Waals surface area contributed by atoms with E-state index < -0.39 is 5.97 Å². The van der Waals surface area contributed by atoms with Crippen molar-refractivity contribution in [1.82, 2.24) is 14.8 Å². The van der Waals surface area contributed by atoms with Crippen LogP contribution in [0.5, 0.6) is 0 Å². The number of esters is 1. The Hall–Kier alpha value is -2.24. The van der Waals surface area contributed by atoms with Crippen LogP contribution in [0.4, 0.5) is 4.39 Å². The predicted molar refractivity (Wildman–Crippen MR) is 62.0 cm³/mol. The van der Waals surface area contributed by atoms with Gasteiger partial charge in [-0.05, 0) is 38.1 Å². The molecular weight excluding hydrogens is 237 g/mol. The van der Waals surface area contributed by atoms with Gasteiger partial charge in [0, 0.05) is 0 Å². The first-order valence-electron chi connectivity index (χ1n) is 5.48. The first kappa shape index (κ1) is 12.2. The zero-order chi connectivity index (χ0) is 13.1. The molecule has 0 saturated carbocycles. The van der Waals surface area contributed by atoms with Crippen molar-refractivity contribution in [3.05, 3.63) is 41.7 Å². The van der Waals surface area contributed by atoms with Crippen LogP contribution in [-0.4, -0.2) is 27.3 Å². The molecule has 0 aliphatic heterocycles. The smallest absolute Gasteiger partial charge is 0.376 e. The molecule has 0 aliphatic carbocycles. The minimum Gasteiger partial charge on any atom is -0.460 e. The number of nitrogens with zero attached hydrogens (tertiary/aromatic N) is 3. The fourth-order valence-electron chi connectivity index (χ4n) is 1.51. The number of carbonyl (C=O) groups is 1. The Morgan fingerprint density at radius 2 is 2.06 bits per heavy atom. The molecule has 94 valence electrons. The summed E-state index contributed by atoms with van der Waals surface area (Å²) in [6.07, 6.45) is 0. The molecule has 6 heteroatoms. The van der Waals surface area contributed by atoms with E-state index in [1.54, 1.807) is 13.8 Å². The average Bonchev–Trinajstić information content (AvgIpc) is 2.73. The van der Waals surface area contributed by atoms with E-state index in [0.29, 0.717) is 11.5 Å². The van der Waals surface area contributed by atoms with Gasteiger partial charge in [0.1, 0.15) is 11.6 Å². The molecule has 0 bridgehead atoms. The zero-order valence-electron chi connectivity index (χ0n) is 10.1. The molecule has 0 aliphatic rings. The molecule has 1 aromatic carbocycles. The highest BCUT2D eigenvalue weighted by Gasteiger charge is 2.18. The van der Waals surface area contributed by atoms with Crippen molar-refractivity contribution < 1.29 is 13.9 Å². The summed E-state index contributed by atoms with van der Waals surface area (Å²) >= 11 is 0. The van der Waals surface area contributed by atoms with Gasteiger partial charge in [-0.2, -0.15) is 5.10 Å². The Morgan fingerprint density at radius 3 is 2.67 bits per heavy atom. The number of aromatic nitrogens is 3. The van der Waals surface area contributed by atoms with Crippen LogP contribution in [0.3, 0.4) is 0 Å². The molecule has 0 amide bonds. The molecule has 0 radical (unpaired) electrons. The molecular formula is C12H12FN3O2. The van der Waals surface area contributed by atoms with E-state index in [1.165, 1.54) is 28.9 Å². The summed E-state index contributed by atoms with van der Waals surface area (Å²) in [5, 5.41) is 4.10. The molecule has 18 heavy (non-hydrogen) atoms. The third kappa shape index (κ3) is 2.37. The highest BCUT2D eigenvalue weighted by atomic mass is 19.1. The normalized spacial score (nSPS) is 10.4. The molecule has 1 heterocycles. The van der Waals surface area contributed by atoms with Crippen molar-refractivity contribution in [3.63, 3.8) is 0 Å². The predicted octanol–water partition coefficient (Wildman–Crippen LogP) is 1.89. The van der Waals surface area contributed by atoms with Crippen molar-refractivity contribution in [2.45, 2.75) is 13.8 Å². The van der Waals surface area contributed by atoms with E-state index in [0.717, 1.165) is 0 Å². The molecule has 0 spiro atoms. The lowest BCUT2D eigenvalue weighted by Crippen LogP contribution is -2.13. The van der Waals surface area contributed by atoms with Crippen molar-refractivity contribution >= 4 is 5.97 Å². The maximum Gasteiger partial charge on any atom is 0.376 e. The van der Waals surface area contributed by atoms with E-state index in [4.69, 9.17) is 4.74 Å². The lowest BCUT2D eigenvalue weighted by molar-refractivity contribution is 0.0508. The van der Waals surface area contributed by atoms with Gasteiger partial charge in [0.15, 0.2) is 0 Å². The quantitative estimate of drug-likeness (QED) is 0.779. The maximum absolute atomic E-state index is 12.9. The van der Waals surface area contributed by atoms with E-state index in [2.05, 4.69) is 10.1 Å². The van der Waals surface area contributed by atoms with Crippen LogP contribution < -0.4 is 0 Å². The van der Waals surface area contributed by atoms with Crippen molar-refractivity contribution in [2.24, 2.45) is 0 Å². The number of ether oxygens (including phenoxy) is 1. The molecule has 0 unspecified atom stereocenters. The second kappa shape index (κ2) is 4.95. The fourth-order valence-corrected chi connectivity index (χ4v) is 1.51.